The van der Waals surface area contributed by atoms with E-state index < -0.39 is 9.73 Å². The molecule has 2 heterocycles. The summed E-state index contributed by atoms with van der Waals surface area (Å²) in [5.74, 6) is 2.20. The normalized spacial score (nSPS) is 22.0. The van der Waals surface area contributed by atoms with Gasteiger partial charge < -0.3 is 9.88 Å². The number of nitrogens with zero attached hydrogens (tertiary/aromatic N) is 3. The molecule has 6 nitrogen and oxygen atoms in total. The van der Waals surface area contributed by atoms with E-state index in [1.807, 2.05) is 42.6 Å². The summed E-state index contributed by atoms with van der Waals surface area (Å²) in [6.07, 6.45) is 7.61. The summed E-state index contributed by atoms with van der Waals surface area (Å²) < 4.78 is 21.2. The molecule has 0 amide bonds. The Morgan fingerprint density at radius 3 is 2.64 bits per heavy atom. The van der Waals surface area contributed by atoms with E-state index in [4.69, 9.17) is 4.78 Å². The average Bonchev–Trinajstić information content (AvgIpc) is 3.17. The van der Waals surface area contributed by atoms with E-state index in [0.717, 1.165) is 48.1 Å². The van der Waals surface area contributed by atoms with Gasteiger partial charge in [-0.25, -0.2) is 14.2 Å². The van der Waals surface area contributed by atoms with Crippen LogP contribution in [0.5, 0.6) is 0 Å². The molecular weight excluding hydrogens is 370 g/mol. The Kier molecular flexibility index (Phi) is 5.35. The lowest BCUT2D eigenvalue weighted by Crippen LogP contribution is -2.37. The van der Waals surface area contributed by atoms with Crippen molar-refractivity contribution in [3.8, 4) is 0 Å². The van der Waals surface area contributed by atoms with Gasteiger partial charge in [0.1, 0.15) is 17.8 Å². The second-order valence-corrected chi connectivity index (χ2v) is 10.1. The van der Waals surface area contributed by atoms with Crippen molar-refractivity contribution >= 4 is 26.6 Å². The summed E-state index contributed by atoms with van der Waals surface area (Å²) >= 11 is 0. The first-order valence-corrected chi connectivity index (χ1v) is 11.7. The molecule has 1 aromatic carbocycles. The Balaban J connectivity index is 1.36. The standard InChI is InChI=1S/C21H27N5OS/c1-26(21-19-11-12-23-20(19)24-15-25-21)18-9-7-17(8-10-18)14-28(22,27)13-16-5-3-2-4-6-16/h2-6,11-12,15,17-18,22H,7-10,13-14H2,1H3,(H,23,24,25)/t17-,18-,28?. The average molecular weight is 398 g/mol. The maximum Gasteiger partial charge on any atom is 0.142 e. The third kappa shape index (κ3) is 4.19. The van der Waals surface area contributed by atoms with Crippen LogP contribution in [0.15, 0.2) is 48.9 Å². The minimum atomic E-state index is -2.58. The smallest absolute Gasteiger partial charge is 0.142 e. The summed E-state index contributed by atoms with van der Waals surface area (Å²) in [5, 5.41) is 1.05. The molecule has 0 bridgehead atoms. The molecule has 1 fully saturated rings. The highest BCUT2D eigenvalue weighted by atomic mass is 32.2. The van der Waals surface area contributed by atoms with Gasteiger partial charge in [-0.15, -0.1) is 0 Å². The summed E-state index contributed by atoms with van der Waals surface area (Å²) in [5.41, 5.74) is 1.86. The van der Waals surface area contributed by atoms with Gasteiger partial charge >= 0.3 is 0 Å². The fourth-order valence-corrected chi connectivity index (χ4v) is 6.24. The van der Waals surface area contributed by atoms with E-state index >= 15 is 0 Å². The van der Waals surface area contributed by atoms with Gasteiger partial charge in [0.2, 0.25) is 0 Å². The summed E-state index contributed by atoms with van der Waals surface area (Å²) in [6, 6.07) is 12.2. The number of anilines is 1. The topological polar surface area (TPSA) is 85.7 Å². The van der Waals surface area contributed by atoms with Crippen LogP contribution < -0.4 is 4.90 Å². The molecule has 1 atom stereocenters. The van der Waals surface area contributed by atoms with Crippen LogP contribution in [0.2, 0.25) is 0 Å². The fourth-order valence-electron chi connectivity index (χ4n) is 4.29. The molecule has 0 radical (unpaired) electrons. The highest BCUT2D eigenvalue weighted by molar-refractivity contribution is 7.91. The van der Waals surface area contributed by atoms with E-state index in [-0.39, 0.29) is 0 Å². The molecule has 3 aromatic rings. The molecule has 0 saturated heterocycles. The van der Waals surface area contributed by atoms with Crippen LogP contribution >= 0.6 is 0 Å². The van der Waals surface area contributed by atoms with Crippen LogP contribution in [0.4, 0.5) is 5.82 Å². The lowest BCUT2D eigenvalue weighted by atomic mass is 9.86. The maximum absolute atomic E-state index is 12.8. The number of benzene rings is 1. The van der Waals surface area contributed by atoms with Crippen molar-refractivity contribution in [3.05, 3.63) is 54.5 Å². The fraction of sp³-hybridized carbons (Fsp3) is 0.429. The van der Waals surface area contributed by atoms with Crippen LogP contribution in [-0.4, -0.2) is 38.0 Å². The molecule has 0 spiro atoms. The Hall–Kier alpha value is -2.41. The quantitative estimate of drug-likeness (QED) is 0.653. The van der Waals surface area contributed by atoms with Gasteiger partial charge in [-0.3, -0.25) is 4.78 Å². The molecule has 4 rings (SSSR count). The Morgan fingerprint density at radius 1 is 1.14 bits per heavy atom. The van der Waals surface area contributed by atoms with Crippen molar-refractivity contribution in [2.45, 2.75) is 37.5 Å². The highest BCUT2D eigenvalue weighted by Gasteiger charge is 2.27. The SMILES string of the molecule is CN(c1ncnc2[nH]ccc12)[C@H]1CC[C@H](CS(=N)(=O)Cc2ccccc2)CC1. The third-order valence-electron chi connectivity index (χ3n) is 5.78. The number of hydrogen-bond donors (Lipinski definition) is 2. The number of rotatable bonds is 6. The van der Waals surface area contributed by atoms with Gasteiger partial charge in [0.15, 0.2) is 0 Å². The molecule has 1 aliphatic rings. The highest BCUT2D eigenvalue weighted by Crippen LogP contribution is 2.32. The predicted octanol–water partition coefficient (Wildman–Crippen LogP) is 4.20. The third-order valence-corrected chi connectivity index (χ3v) is 7.59. The first kappa shape index (κ1) is 18.9. The van der Waals surface area contributed by atoms with Gasteiger partial charge in [-0.1, -0.05) is 30.3 Å². The molecule has 148 valence electrons. The van der Waals surface area contributed by atoms with Crippen LogP contribution in [0, 0.1) is 10.7 Å². The zero-order valence-corrected chi connectivity index (χ0v) is 17.0. The minimum Gasteiger partial charge on any atom is -0.356 e. The van der Waals surface area contributed by atoms with Crippen molar-refractivity contribution in [1.82, 2.24) is 15.0 Å². The molecule has 2 N–H and O–H groups in total. The molecular formula is C21H27N5OS. The summed E-state index contributed by atoms with van der Waals surface area (Å²) in [7, 11) is -0.484. The lowest BCUT2D eigenvalue weighted by Gasteiger charge is -2.35. The minimum absolute atomic E-state index is 0.361. The van der Waals surface area contributed by atoms with Gasteiger partial charge in [0.25, 0.3) is 0 Å². The zero-order chi connectivity index (χ0) is 19.6. The summed E-state index contributed by atoms with van der Waals surface area (Å²) in [6.45, 7) is 0. The molecule has 2 aromatic heterocycles. The van der Waals surface area contributed by atoms with Gasteiger partial charge in [-0.05, 0) is 43.2 Å². The molecule has 1 aliphatic carbocycles. The van der Waals surface area contributed by atoms with Crippen molar-refractivity contribution in [1.29, 1.82) is 4.78 Å². The second kappa shape index (κ2) is 7.91. The van der Waals surface area contributed by atoms with Crippen LogP contribution in [0.3, 0.4) is 0 Å². The molecule has 1 saturated carbocycles. The lowest BCUT2D eigenvalue weighted by molar-refractivity contribution is 0.342. The number of hydrogen-bond acceptors (Lipinski definition) is 5. The second-order valence-electron chi connectivity index (χ2n) is 7.83. The molecule has 7 heteroatoms. The Morgan fingerprint density at radius 2 is 1.89 bits per heavy atom. The molecule has 1 unspecified atom stereocenters. The monoisotopic (exact) mass is 397 g/mol. The van der Waals surface area contributed by atoms with E-state index in [9.17, 15) is 4.21 Å². The number of H-pyrrole nitrogens is 1. The van der Waals surface area contributed by atoms with Crippen molar-refractivity contribution in [2.75, 3.05) is 17.7 Å². The van der Waals surface area contributed by atoms with E-state index in [1.54, 1.807) is 6.33 Å². The number of aromatic nitrogens is 3. The van der Waals surface area contributed by atoms with Gasteiger partial charge in [-0.2, -0.15) is 0 Å². The Bertz CT molecular complexity index is 1020. The van der Waals surface area contributed by atoms with E-state index in [0.29, 0.717) is 23.5 Å². The van der Waals surface area contributed by atoms with Crippen LogP contribution in [0.25, 0.3) is 11.0 Å². The van der Waals surface area contributed by atoms with Crippen molar-refractivity contribution < 1.29 is 4.21 Å². The zero-order valence-electron chi connectivity index (χ0n) is 16.2. The Labute approximate surface area is 166 Å². The number of aromatic amines is 1. The number of nitrogens with one attached hydrogen (secondary N) is 2. The van der Waals surface area contributed by atoms with E-state index in [1.165, 1.54) is 0 Å². The van der Waals surface area contributed by atoms with Gasteiger partial charge in [0, 0.05) is 34.8 Å². The van der Waals surface area contributed by atoms with Crippen LogP contribution in [-0.2, 0) is 15.5 Å². The van der Waals surface area contributed by atoms with Crippen molar-refractivity contribution in [2.24, 2.45) is 5.92 Å². The van der Waals surface area contributed by atoms with Crippen LogP contribution in [0.1, 0.15) is 31.2 Å². The summed E-state index contributed by atoms with van der Waals surface area (Å²) in [4.78, 5) is 14.2. The predicted molar refractivity (Wildman–Crippen MR) is 114 cm³/mol. The molecule has 0 aliphatic heterocycles. The maximum atomic E-state index is 12.8. The molecule has 28 heavy (non-hydrogen) atoms. The van der Waals surface area contributed by atoms with Gasteiger partial charge in [0.05, 0.1) is 11.1 Å². The first-order valence-electron chi connectivity index (χ1n) is 9.81. The van der Waals surface area contributed by atoms with Crippen molar-refractivity contribution in [3.63, 3.8) is 0 Å². The first-order chi connectivity index (χ1) is 13.5. The largest absolute Gasteiger partial charge is 0.356 e. The van der Waals surface area contributed by atoms with E-state index in [2.05, 4.69) is 26.9 Å². The number of fused-ring (bicyclic) bond motifs is 1.